The molecule has 1 aliphatic heterocycles. The van der Waals surface area contributed by atoms with Gasteiger partial charge in [0.1, 0.15) is 5.75 Å². The number of alkyl halides is 2. The molecule has 1 aromatic carbocycles. The SMILES string of the molecule is NC(=N[C@@H]1C[C@H]1c1ccc(OC(F)F)cc1)N1CCN(c2ncccn2)CC1. The topological polar surface area (TPSA) is 79.9 Å². The Balaban J connectivity index is 1.30. The number of benzene rings is 1. The van der Waals surface area contributed by atoms with Gasteiger partial charge in [0.05, 0.1) is 6.04 Å². The molecule has 0 amide bonds. The Bertz CT molecular complexity index is 809. The summed E-state index contributed by atoms with van der Waals surface area (Å²) >= 11 is 0. The Morgan fingerprint density at radius 2 is 1.79 bits per heavy atom. The molecule has 1 saturated carbocycles. The minimum absolute atomic E-state index is 0.136. The van der Waals surface area contributed by atoms with Gasteiger partial charge in [-0.3, -0.25) is 0 Å². The van der Waals surface area contributed by atoms with E-state index in [0.29, 0.717) is 5.96 Å². The van der Waals surface area contributed by atoms with Crippen LogP contribution in [0, 0.1) is 0 Å². The lowest BCUT2D eigenvalue weighted by Gasteiger charge is -2.35. The molecule has 0 radical (unpaired) electrons. The molecule has 9 heteroatoms. The van der Waals surface area contributed by atoms with Gasteiger partial charge in [-0.1, -0.05) is 12.1 Å². The predicted molar refractivity (Wildman–Crippen MR) is 102 cm³/mol. The lowest BCUT2D eigenvalue weighted by atomic mass is 10.1. The summed E-state index contributed by atoms with van der Waals surface area (Å²) in [5.41, 5.74) is 7.28. The minimum atomic E-state index is -2.81. The van der Waals surface area contributed by atoms with E-state index in [9.17, 15) is 8.78 Å². The van der Waals surface area contributed by atoms with Crippen LogP contribution in [0.4, 0.5) is 14.7 Å². The second kappa shape index (κ2) is 7.95. The van der Waals surface area contributed by atoms with E-state index in [1.807, 2.05) is 12.1 Å². The third-order valence-electron chi connectivity index (χ3n) is 5.03. The number of nitrogens with two attached hydrogens (primary N) is 1. The quantitative estimate of drug-likeness (QED) is 0.624. The number of hydrogen-bond donors (Lipinski definition) is 1. The van der Waals surface area contributed by atoms with Gasteiger partial charge in [0, 0.05) is 44.5 Å². The molecule has 2 fully saturated rings. The van der Waals surface area contributed by atoms with Gasteiger partial charge in [-0.05, 0) is 30.2 Å². The molecule has 1 aromatic heterocycles. The maximum atomic E-state index is 12.2. The van der Waals surface area contributed by atoms with Gasteiger partial charge >= 0.3 is 6.61 Å². The fourth-order valence-electron chi connectivity index (χ4n) is 3.42. The van der Waals surface area contributed by atoms with Crippen molar-refractivity contribution in [2.75, 3.05) is 31.1 Å². The van der Waals surface area contributed by atoms with Crippen LogP contribution in [0.3, 0.4) is 0 Å². The molecule has 28 heavy (non-hydrogen) atoms. The zero-order chi connectivity index (χ0) is 19.5. The summed E-state index contributed by atoms with van der Waals surface area (Å²) in [6, 6.07) is 8.69. The first-order valence-electron chi connectivity index (χ1n) is 9.25. The molecule has 4 rings (SSSR count). The highest BCUT2D eigenvalue weighted by molar-refractivity contribution is 5.79. The van der Waals surface area contributed by atoms with Crippen LogP contribution in [0.25, 0.3) is 0 Å². The van der Waals surface area contributed by atoms with E-state index >= 15 is 0 Å². The van der Waals surface area contributed by atoms with Gasteiger partial charge in [-0.2, -0.15) is 8.78 Å². The highest BCUT2D eigenvalue weighted by atomic mass is 19.3. The minimum Gasteiger partial charge on any atom is -0.435 e. The van der Waals surface area contributed by atoms with Crippen LogP contribution < -0.4 is 15.4 Å². The summed E-state index contributed by atoms with van der Waals surface area (Å²) < 4.78 is 28.8. The van der Waals surface area contributed by atoms with Crippen LogP contribution in [0.15, 0.2) is 47.7 Å². The highest BCUT2D eigenvalue weighted by Gasteiger charge is 2.39. The fraction of sp³-hybridized carbons (Fsp3) is 0.421. The summed E-state index contributed by atoms with van der Waals surface area (Å²) in [6.07, 6.45) is 4.39. The molecule has 0 unspecified atom stereocenters. The number of guanidine groups is 1. The standard InChI is InChI=1S/C19H22F2N6O/c20-17(21)28-14-4-2-13(3-5-14)15-12-16(15)25-18(22)26-8-10-27(11-9-26)19-23-6-1-7-24-19/h1-7,15-17H,8-12H2,(H2,22,25)/t15-,16+/m0/s1. The number of rotatable bonds is 5. The average molecular weight is 388 g/mol. The van der Waals surface area contributed by atoms with Crippen molar-refractivity contribution < 1.29 is 13.5 Å². The lowest BCUT2D eigenvalue weighted by Crippen LogP contribution is -2.51. The number of hydrogen-bond acceptors (Lipinski definition) is 5. The molecular weight excluding hydrogens is 366 g/mol. The first kappa shape index (κ1) is 18.4. The maximum absolute atomic E-state index is 12.2. The summed E-state index contributed by atoms with van der Waals surface area (Å²) in [7, 11) is 0. The Morgan fingerprint density at radius 3 is 2.43 bits per heavy atom. The summed E-state index contributed by atoms with van der Waals surface area (Å²) in [6.45, 7) is 0.313. The second-order valence-electron chi connectivity index (χ2n) is 6.87. The first-order chi connectivity index (χ1) is 13.6. The Hall–Kier alpha value is -2.97. The molecule has 1 saturated heterocycles. The van der Waals surface area contributed by atoms with E-state index in [-0.39, 0.29) is 17.7 Å². The maximum Gasteiger partial charge on any atom is 0.387 e. The zero-order valence-corrected chi connectivity index (χ0v) is 15.3. The third kappa shape index (κ3) is 4.29. The van der Waals surface area contributed by atoms with Gasteiger partial charge in [-0.15, -0.1) is 0 Å². The molecule has 0 spiro atoms. The normalized spacial score (nSPS) is 22.5. The second-order valence-corrected chi connectivity index (χ2v) is 6.87. The molecule has 2 atom stereocenters. The number of anilines is 1. The molecule has 2 N–H and O–H groups in total. The van der Waals surface area contributed by atoms with E-state index in [2.05, 4.69) is 29.5 Å². The largest absolute Gasteiger partial charge is 0.435 e. The predicted octanol–water partition coefficient (Wildman–Crippen LogP) is 2.07. The van der Waals surface area contributed by atoms with Crippen molar-refractivity contribution >= 4 is 11.9 Å². The molecule has 2 aliphatic rings. The van der Waals surface area contributed by atoms with Crippen molar-refractivity contribution in [3.8, 4) is 5.75 Å². The van der Waals surface area contributed by atoms with Crippen molar-refractivity contribution in [3.05, 3.63) is 48.3 Å². The molecule has 0 bridgehead atoms. The smallest absolute Gasteiger partial charge is 0.387 e. The Labute approximate surface area is 161 Å². The monoisotopic (exact) mass is 388 g/mol. The van der Waals surface area contributed by atoms with Gasteiger partial charge in [0.25, 0.3) is 0 Å². The first-order valence-corrected chi connectivity index (χ1v) is 9.25. The number of piperazine rings is 1. The van der Waals surface area contributed by atoms with Crippen molar-refractivity contribution in [2.45, 2.75) is 25.0 Å². The van der Waals surface area contributed by atoms with Crippen LogP contribution in [-0.2, 0) is 0 Å². The highest BCUT2D eigenvalue weighted by Crippen LogP contribution is 2.44. The van der Waals surface area contributed by atoms with E-state index in [4.69, 9.17) is 5.73 Å². The van der Waals surface area contributed by atoms with E-state index < -0.39 is 6.61 Å². The lowest BCUT2D eigenvalue weighted by molar-refractivity contribution is -0.0498. The van der Waals surface area contributed by atoms with Crippen molar-refractivity contribution in [1.82, 2.24) is 14.9 Å². The fourth-order valence-corrected chi connectivity index (χ4v) is 3.42. The van der Waals surface area contributed by atoms with Crippen molar-refractivity contribution in [2.24, 2.45) is 10.7 Å². The summed E-state index contributed by atoms with van der Waals surface area (Å²) in [4.78, 5) is 17.4. The van der Waals surface area contributed by atoms with Crippen molar-refractivity contribution in [3.63, 3.8) is 0 Å². The summed E-state index contributed by atoms with van der Waals surface area (Å²) in [5.74, 6) is 1.73. The molecule has 148 valence electrons. The average Bonchev–Trinajstić information content (AvgIpc) is 3.48. The van der Waals surface area contributed by atoms with Gasteiger partial charge in [-0.25, -0.2) is 15.0 Å². The van der Waals surface area contributed by atoms with Gasteiger partial charge in [0.15, 0.2) is 5.96 Å². The number of aromatic nitrogens is 2. The van der Waals surface area contributed by atoms with E-state index in [1.54, 1.807) is 30.6 Å². The Kier molecular flexibility index (Phi) is 5.23. The van der Waals surface area contributed by atoms with Crippen LogP contribution in [0.5, 0.6) is 5.75 Å². The van der Waals surface area contributed by atoms with Crippen LogP contribution in [0.2, 0.25) is 0 Å². The third-order valence-corrected chi connectivity index (χ3v) is 5.03. The van der Waals surface area contributed by atoms with Crippen LogP contribution in [-0.4, -0.2) is 59.7 Å². The van der Waals surface area contributed by atoms with E-state index in [1.165, 1.54) is 0 Å². The van der Waals surface area contributed by atoms with E-state index in [0.717, 1.165) is 44.1 Å². The van der Waals surface area contributed by atoms with Gasteiger partial charge in [0.2, 0.25) is 5.95 Å². The van der Waals surface area contributed by atoms with Crippen LogP contribution in [0.1, 0.15) is 17.9 Å². The molecule has 1 aliphatic carbocycles. The number of ether oxygens (including phenoxy) is 1. The molecule has 2 aromatic rings. The number of nitrogens with zero attached hydrogens (tertiary/aromatic N) is 5. The Morgan fingerprint density at radius 1 is 1.11 bits per heavy atom. The van der Waals surface area contributed by atoms with Crippen LogP contribution >= 0.6 is 0 Å². The number of aliphatic imine (C=N–C) groups is 1. The molecule has 2 heterocycles. The molecular formula is C19H22F2N6O. The van der Waals surface area contributed by atoms with Crippen molar-refractivity contribution in [1.29, 1.82) is 0 Å². The number of halogens is 2. The molecule has 7 nitrogen and oxygen atoms in total. The zero-order valence-electron chi connectivity index (χ0n) is 15.3. The van der Waals surface area contributed by atoms with Gasteiger partial charge < -0.3 is 20.3 Å². The summed E-state index contributed by atoms with van der Waals surface area (Å²) in [5, 5.41) is 0.